The Balaban J connectivity index is 1.45. The van der Waals surface area contributed by atoms with Crippen molar-refractivity contribution < 1.29 is 9.21 Å². The van der Waals surface area contributed by atoms with Gasteiger partial charge in [0.1, 0.15) is 11.8 Å². The van der Waals surface area contributed by atoms with Crippen molar-refractivity contribution in [1.29, 1.82) is 0 Å². The van der Waals surface area contributed by atoms with Gasteiger partial charge in [0, 0.05) is 36.8 Å². The number of benzene rings is 1. The first-order chi connectivity index (χ1) is 11.2. The Hall–Kier alpha value is -1.95. The molecule has 0 radical (unpaired) electrons. The molecule has 1 aromatic carbocycles. The quantitative estimate of drug-likeness (QED) is 0.807. The Bertz CT molecular complexity index is 762. The molecule has 120 valence electrons. The van der Waals surface area contributed by atoms with Crippen molar-refractivity contribution in [2.45, 2.75) is 12.2 Å². The van der Waals surface area contributed by atoms with E-state index < -0.39 is 0 Å². The molecule has 0 aliphatic carbocycles. The molecule has 23 heavy (non-hydrogen) atoms. The van der Waals surface area contributed by atoms with Crippen LogP contribution < -0.4 is 0 Å². The van der Waals surface area contributed by atoms with E-state index in [-0.39, 0.29) is 5.91 Å². The molecule has 5 nitrogen and oxygen atoms in total. The van der Waals surface area contributed by atoms with Gasteiger partial charge in [-0.15, -0.1) is 0 Å². The lowest BCUT2D eigenvalue weighted by Crippen LogP contribution is -2.49. The number of hydrogen-bond acceptors (Lipinski definition) is 5. The van der Waals surface area contributed by atoms with E-state index in [9.17, 15) is 4.79 Å². The maximum absolute atomic E-state index is 12.8. The highest BCUT2D eigenvalue weighted by Crippen LogP contribution is 2.25. The zero-order chi connectivity index (χ0) is 15.8. The van der Waals surface area contributed by atoms with Crippen LogP contribution in [0.3, 0.4) is 0 Å². The number of amides is 1. The van der Waals surface area contributed by atoms with Crippen LogP contribution in [-0.2, 0) is 0 Å². The van der Waals surface area contributed by atoms with Gasteiger partial charge in [-0.3, -0.25) is 9.79 Å². The summed E-state index contributed by atoms with van der Waals surface area (Å²) in [6.07, 6.45) is 1.58. The number of carbonyl (C=O) groups excluding carboxylic acids is 1. The summed E-state index contributed by atoms with van der Waals surface area (Å²) in [6, 6.07) is 7.68. The molecule has 0 saturated carbocycles. The minimum Gasteiger partial charge on any atom is -0.463 e. The maximum Gasteiger partial charge on any atom is 0.257 e. The lowest BCUT2D eigenvalue weighted by atomic mass is 10.1. The minimum atomic E-state index is 0.0592. The van der Waals surface area contributed by atoms with Crippen LogP contribution in [0.25, 0.3) is 11.0 Å². The molecule has 6 heteroatoms. The van der Waals surface area contributed by atoms with Gasteiger partial charge in [-0.05, 0) is 6.07 Å². The highest BCUT2D eigenvalue weighted by molar-refractivity contribution is 8.14. The molecule has 2 aliphatic heterocycles. The number of nitrogens with zero attached hydrogens (tertiary/aromatic N) is 3. The first-order valence-corrected chi connectivity index (χ1v) is 8.82. The molecular weight excluding hydrogens is 310 g/mol. The van der Waals surface area contributed by atoms with Crippen molar-refractivity contribution >= 4 is 33.8 Å². The molecule has 3 heterocycles. The fourth-order valence-corrected chi connectivity index (χ4v) is 4.04. The first kappa shape index (κ1) is 14.6. The Labute approximate surface area is 139 Å². The van der Waals surface area contributed by atoms with Gasteiger partial charge in [0.05, 0.1) is 12.1 Å². The second-order valence-electron chi connectivity index (χ2n) is 5.98. The summed E-state index contributed by atoms with van der Waals surface area (Å²) >= 11 is 1.84. The van der Waals surface area contributed by atoms with E-state index in [1.807, 2.05) is 40.9 Å². The third-order valence-electron chi connectivity index (χ3n) is 4.34. The zero-order valence-corrected chi connectivity index (χ0v) is 13.9. The summed E-state index contributed by atoms with van der Waals surface area (Å²) in [5.41, 5.74) is 1.43. The fourth-order valence-electron chi connectivity index (χ4n) is 3.05. The Kier molecular flexibility index (Phi) is 3.77. The van der Waals surface area contributed by atoms with Crippen molar-refractivity contribution in [2.24, 2.45) is 4.99 Å². The SMILES string of the molecule is C[C@H]1CN=C(N2CCN(C(=O)c3coc4ccccc34)CC2)S1. The number of rotatable bonds is 1. The van der Waals surface area contributed by atoms with Crippen LogP contribution in [0.4, 0.5) is 0 Å². The van der Waals surface area contributed by atoms with Crippen LogP contribution in [0, 0.1) is 0 Å². The Morgan fingerprint density at radius 3 is 2.78 bits per heavy atom. The summed E-state index contributed by atoms with van der Waals surface area (Å²) < 4.78 is 5.49. The lowest BCUT2D eigenvalue weighted by Gasteiger charge is -2.35. The molecule has 4 rings (SSSR count). The molecule has 1 aromatic heterocycles. The predicted molar refractivity (Wildman–Crippen MR) is 93.0 cm³/mol. The lowest BCUT2D eigenvalue weighted by molar-refractivity contribution is 0.0694. The van der Waals surface area contributed by atoms with Gasteiger partial charge in [0.25, 0.3) is 5.91 Å². The van der Waals surface area contributed by atoms with E-state index in [0.29, 0.717) is 10.8 Å². The molecule has 0 bridgehead atoms. The molecule has 2 aromatic rings. The second-order valence-corrected chi connectivity index (χ2v) is 7.38. The van der Waals surface area contributed by atoms with Crippen LogP contribution in [0.2, 0.25) is 0 Å². The smallest absolute Gasteiger partial charge is 0.257 e. The molecule has 0 N–H and O–H groups in total. The van der Waals surface area contributed by atoms with Gasteiger partial charge >= 0.3 is 0 Å². The van der Waals surface area contributed by atoms with Gasteiger partial charge in [0.2, 0.25) is 0 Å². The third kappa shape index (κ3) is 2.72. The number of furan rings is 1. The number of para-hydroxylation sites is 1. The van der Waals surface area contributed by atoms with Gasteiger partial charge < -0.3 is 14.2 Å². The number of fused-ring (bicyclic) bond motifs is 1. The van der Waals surface area contributed by atoms with Gasteiger partial charge in [-0.2, -0.15) is 0 Å². The standard InChI is InChI=1S/C17H19N3O2S/c1-12-10-18-17(23-12)20-8-6-19(7-9-20)16(21)14-11-22-15-5-3-2-4-13(14)15/h2-5,11-12H,6-10H2,1H3/t12-/m0/s1. The van der Waals surface area contributed by atoms with Crippen molar-refractivity contribution in [3.05, 3.63) is 36.1 Å². The average molecular weight is 329 g/mol. The summed E-state index contributed by atoms with van der Waals surface area (Å²) in [4.78, 5) is 21.6. The minimum absolute atomic E-state index is 0.0592. The molecule has 1 fully saturated rings. The molecule has 2 aliphatic rings. The number of carbonyl (C=O) groups is 1. The highest BCUT2D eigenvalue weighted by Gasteiger charge is 2.28. The van der Waals surface area contributed by atoms with Gasteiger partial charge in [-0.1, -0.05) is 36.9 Å². The monoisotopic (exact) mass is 329 g/mol. The second kappa shape index (κ2) is 5.92. The number of amidine groups is 1. The van der Waals surface area contributed by atoms with E-state index in [0.717, 1.165) is 48.9 Å². The molecule has 0 unspecified atom stereocenters. The van der Waals surface area contributed by atoms with Crippen LogP contribution in [0.15, 0.2) is 39.9 Å². The van der Waals surface area contributed by atoms with Crippen molar-refractivity contribution in [3.63, 3.8) is 0 Å². The highest BCUT2D eigenvalue weighted by atomic mass is 32.2. The predicted octanol–water partition coefficient (Wildman–Crippen LogP) is 2.68. The Morgan fingerprint density at radius 2 is 2.04 bits per heavy atom. The van der Waals surface area contributed by atoms with Crippen LogP contribution >= 0.6 is 11.8 Å². The van der Waals surface area contributed by atoms with E-state index in [1.54, 1.807) is 6.26 Å². The summed E-state index contributed by atoms with van der Waals surface area (Å²) in [7, 11) is 0. The zero-order valence-electron chi connectivity index (χ0n) is 13.1. The largest absolute Gasteiger partial charge is 0.463 e. The van der Waals surface area contributed by atoms with E-state index in [1.165, 1.54) is 0 Å². The van der Waals surface area contributed by atoms with Gasteiger partial charge in [-0.25, -0.2) is 0 Å². The summed E-state index contributed by atoms with van der Waals surface area (Å²) in [5.74, 6) is 0.0592. The topological polar surface area (TPSA) is 49.0 Å². The molecule has 1 atom stereocenters. The Morgan fingerprint density at radius 1 is 1.26 bits per heavy atom. The number of aliphatic imine (C=N–C) groups is 1. The van der Waals surface area contributed by atoms with Crippen LogP contribution in [0.1, 0.15) is 17.3 Å². The van der Waals surface area contributed by atoms with E-state index in [4.69, 9.17) is 4.42 Å². The average Bonchev–Trinajstić information content (AvgIpc) is 3.21. The van der Waals surface area contributed by atoms with Crippen LogP contribution in [-0.4, -0.2) is 58.8 Å². The molecule has 1 amide bonds. The van der Waals surface area contributed by atoms with E-state index in [2.05, 4.69) is 16.8 Å². The fraction of sp³-hybridized carbons (Fsp3) is 0.412. The van der Waals surface area contributed by atoms with Crippen molar-refractivity contribution in [1.82, 2.24) is 9.80 Å². The van der Waals surface area contributed by atoms with Crippen LogP contribution in [0.5, 0.6) is 0 Å². The normalized spacial score (nSPS) is 21.8. The number of thioether (sulfide) groups is 1. The first-order valence-electron chi connectivity index (χ1n) is 7.94. The molecule has 0 spiro atoms. The van der Waals surface area contributed by atoms with Crippen molar-refractivity contribution in [2.75, 3.05) is 32.7 Å². The molecular formula is C17H19N3O2S. The van der Waals surface area contributed by atoms with E-state index >= 15 is 0 Å². The number of hydrogen-bond donors (Lipinski definition) is 0. The van der Waals surface area contributed by atoms with Crippen molar-refractivity contribution in [3.8, 4) is 0 Å². The van der Waals surface area contributed by atoms with Gasteiger partial charge in [0.15, 0.2) is 5.17 Å². The maximum atomic E-state index is 12.8. The summed E-state index contributed by atoms with van der Waals surface area (Å²) in [5, 5.41) is 2.60. The number of piperazine rings is 1. The summed E-state index contributed by atoms with van der Waals surface area (Å²) in [6.45, 7) is 6.25. The third-order valence-corrected chi connectivity index (χ3v) is 5.49. The molecule has 1 saturated heterocycles.